The maximum atomic E-state index is 5.52. The van der Waals surface area contributed by atoms with Crippen molar-refractivity contribution < 1.29 is 4.74 Å². The molecular weight excluding hydrogens is 224 g/mol. The zero-order chi connectivity index (χ0) is 11.7. The highest BCUT2D eigenvalue weighted by Crippen LogP contribution is 2.21. The molecule has 0 saturated heterocycles. The van der Waals surface area contributed by atoms with Crippen molar-refractivity contribution in [2.45, 2.75) is 19.9 Å². The highest BCUT2D eigenvalue weighted by atomic mass is 16.5. The summed E-state index contributed by atoms with van der Waals surface area (Å²) < 4.78 is 5.18. The SMILES string of the molecule is C.NC1=N[C@H](Cc2cccc3ccccc23)CO1. The molecule has 0 bridgehead atoms. The van der Waals surface area contributed by atoms with Crippen molar-refractivity contribution in [3.05, 3.63) is 48.0 Å². The van der Waals surface area contributed by atoms with Gasteiger partial charge < -0.3 is 10.5 Å². The summed E-state index contributed by atoms with van der Waals surface area (Å²) in [6.07, 6.45) is 0.877. The van der Waals surface area contributed by atoms with Crippen molar-refractivity contribution in [3.8, 4) is 0 Å². The number of rotatable bonds is 2. The fraction of sp³-hybridized carbons (Fsp3) is 0.267. The van der Waals surface area contributed by atoms with Crippen LogP contribution in [0.4, 0.5) is 0 Å². The first-order valence-electron chi connectivity index (χ1n) is 5.75. The van der Waals surface area contributed by atoms with Crippen LogP contribution in [0.3, 0.4) is 0 Å². The van der Waals surface area contributed by atoms with Gasteiger partial charge in [0, 0.05) is 0 Å². The van der Waals surface area contributed by atoms with E-state index in [1.165, 1.54) is 16.3 Å². The van der Waals surface area contributed by atoms with Gasteiger partial charge in [-0.05, 0) is 22.8 Å². The molecule has 1 aliphatic heterocycles. The van der Waals surface area contributed by atoms with Crippen molar-refractivity contribution >= 4 is 16.8 Å². The second-order valence-corrected chi connectivity index (χ2v) is 4.27. The second-order valence-electron chi connectivity index (χ2n) is 4.27. The Kier molecular flexibility index (Phi) is 3.51. The molecule has 1 heterocycles. The zero-order valence-corrected chi connectivity index (χ0v) is 9.47. The molecule has 0 aromatic heterocycles. The van der Waals surface area contributed by atoms with Crippen LogP contribution in [0.25, 0.3) is 10.8 Å². The van der Waals surface area contributed by atoms with E-state index in [2.05, 4.69) is 47.5 Å². The van der Waals surface area contributed by atoms with E-state index in [4.69, 9.17) is 10.5 Å². The van der Waals surface area contributed by atoms with Gasteiger partial charge in [-0.3, -0.25) is 0 Å². The fourth-order valence-corrected chi connectivity index (χ4v) is 2.26. The van der Waals surface area contributed by atoms with Crippen molar-refractivity contribution in [2.24, 2.45) is 10.7 Å². The Hall–Kier alpha value is -2.03. The Labute approximate surface area is 107 Å². The molecule has 0 fully saturated rings. The van der Waals surface area contributed by atoms with E-state index in [9.17, 15) is 0 Å². The predicted octanol–water partition coefficient (Wildman–Crippen LogP) is 2.73. The smallest absolute Gasteiger partial charge is 0.282 e. The molecule has 1 aliphatic rings. The lowest BCUT2D eigenvalue weighted by atomic mass is 9.99. The average molecular weight is 242 g/mol. The lowest BCUT2D eigenvalue weighted by molar-refractivity contribution is 0.312. The van der Waals surface area contributed by atoms with Gasteiger partial charge in [-0.2, -0.15) is 0 Å². The van der Waals surface area contributed by atoms with Crippen molar-refractivity contribution in [3.63, 3.8) is 0 Å². The number of benzene rings is 2. The average Bonchev–Trinajstić information content (AvgIpc) is 2.75. The lowest BCUT2D eigenvalue weighted by Crippen LogP contribution is -2.11. The van der Waals surface area contributed by atoms with Crippen LogP contribution in [0.1, 0.15) is 13.0 Å². The van der Waals surface area contributed by atoms with Crippen LogP contribution in [-0.2, 0) is 11.2 Å². The zero-order valence-electron chi connectivity index (χ0n) is 9.47. The van der Waals surface area contributed by atoms with Gasteiger partial charge in [0.05, 0.1) is 6.04 Å². The topological polar surface area (TPSA) is 47.6 Å². The van der Waals surface area contributed by atoms with Gasteiger partial charge in [-0.15, -0.1) is 0 Å². The third-order valence-corrected chi connectivity index (χ3v) is 3.07. The minimum atomic E-state index is 0. The molecule has 2 aromatic rings. The summed E-state index contributed by atoms with van der Waals surface area (Å²) in [6, 6.07) is 15.2. The van der Waals surface area contributed by atoms with Gasteiger partial charge in [0.1, 0.15) is 6.61 Å². The number of hydrogen-bond donors (Lipinski definition) is 1. The van der Waals surface area contributed by atoms with E-state index in [0.717, 1.165) is 6.42 Å². The molecule has 2 N–H and O–H groups in total. The van der Waals surface area contributed by atoms with Crippen LogP contribution in [-0.4, -0.2) is 18.7 Å². The summed E-state index contributed by atoms with van der Waals surface area (Å²) in [5.41, 5.74) is 6.82. The molecule has 0 spiro atoms. The first-order chi connectivity index (χ1) is 8.33. The Morgan fingerprint density at radius 3 is 2.72 bits per heavy atom. The molecular formula is C15H18N2O. The number of fused-ring (bicyclic) bond motifs is 1. The van der Waals surface area contributed by atoms with Crippen molar-refractivity contribution in [2.75, 3.05) is 6.61 Å². The van der Waals surface area contributed by atoms with Crippen molar-refractivity contribution in [1.29, 1.82) is 0 Å². The number of amidine groups is 1. The molecule has 0 aliphatic carbocycles. The van der Waals surface area contributed by atoms with E-state index in [1.807, 2.05) is 0 Å². The maximum Gasteiger partial charge on any atom is 0.282 e. The predicted molar refractivity (Wildman–Crippen MR) is 75.7 cm³/mol. The Morgan fingerprint density at radius 2 is 1.94 bits per heavy atom. The molecule has 3 heteroatoms. The second kappa shape index (κ2) is 5.08. The summed E-state index contributed by atoms with van der Waals surface area (Å²) in [5.74, 6) is 0. The van der Waals surface area contributed by atoms with Crippen LogP contribution >= 0.6 is 0 Å². The van der Waals surface area contributed by atoms with Crippen molar-refractivity contribution in [1.82, 2.24) is 0 Å². The molecule has 1 atom stereocenters. The Bertz CT molecular complexity index is 572. The molecule has 0 radical (unpaired) electrons. The molecule has 0 unspecified atom stereocenters. The largest absolute Gasteiger partial charge is 0.463 e. The first-order valence-corrected chi connectivity index (χ1v) is 5.75. The number of aliphatic imine (C=N–C) groups is 1. The van der Waals surface area contributed by atoms with Crippen LogP contribution in [0.5, 0.6) is 0 Å². The van der Waals surface area contributed by atoms with E-state index in [1.54, 1.807) is 0 Å². The highest BCUT2D eigenvalue weighted by Gasteiger charge is 2.17. The molecule has 18 heavy (non-hydrogen) atoms. The van der Waals surface area contributed by atoms with Crippen LogP contribution in [0.15, 0.2) is 47.5 Å². The standard InChI is InChI=1S/C14H14N2O.CH4/c15-14-16-12(9-17-14)8-11-6-3-5-10-4-1-2-7-13(10)11;/h1-7,12H,8-9H2,(H2,15,16);1H4/t12-;/m1./s1. The van der Waals surface area contributed by atoms with Crippen LogP contribution < -0.4 is 5.73 Å². The van der Waals surface area contributed by atoms with Gasteiger partial charge in [-0.1, -0.05) is 49.9 Å². The van der Waals surface area contributed by atoms with Gasteiger partial charge in [-0.25, -0.2) is 4.99 Å². The number of ether oxygens (including phenoxy) is 1. The van der Waals surface area contributed by atoms with Gasteiger partial charge in [0.2, 0.25) is 0 Å². The molecule has 3 rings (SSSR count). The van der Waals surface area contributed by atoms with Gasteiger partial charge in [0.25, 0.3) is 6.02 Å². The highest BCUT2D eigenvalue weighted by molar-refractivity contribution is 5.85. The van der Waals surface area contributed by atoms with E-state index in [-0.39, 0.29) is 13.5 Å². The Morgan fingerprint density at radius 1 is 1.17 bits per heavy atom. The third-order valence-electron chi connectivity index (χ3n) is 3.07. The van der Waals surface area contributed by atoms with Gasteiger partial charge >= 0.3 is 0 Å². The fourth-order valence-electron chi connectivity index (χ4n) is 2.26. The van der Waals surface area contributed by atoms with E-state index < -0.39 is 0 Å². The lowest BCUT2D eigenvalue weighted by Gasteiger charge is -2.08. The normalized spacial score (nSPS) is 18.0. The summed E-state index contributed by atoms with van der Waals surface area (Å²) in [6.45, 7) is 0.592. The maximum absolute atomic E-state index is 5.52. The van der Waals surface area contributed by atoms with Crippen LogP contribution in [0, 0.1) is 0 Å². The minimum Gasteiger partial charge on any atom is -0.463 e. The van der Waals surface area contributed by atoms with E-state index in [0.29, 0.717) is 12.6 Å². The quantitative estimate of drug-likeness (QED) is 0.880. The summed E-state index contributed by atoms with van der Waals surface area (Å²) in [5, 5.41) is 2.55. The molecule has 94 valence electrons. The number of hydrogen-bond acceptors (Lipinski definition) is 3. The number of nitrogens with two attached hydrogens (primary N) is 1. The van der Waals surface area contributed by atoms with Gasteiger partial charge in [0.15, 0.2) is 0 Å². The molecule has 0 amide bonds. The monoisotopic (exact) mass is 242 g/mol. The first kappa shape index (κ1) is 12.4. The summed E-state index contributed by atoms with van der Waals surface area (Å²) in [4.78, 5) is 4.26. The molecule has 2 aromatic carbocycles. The molecule has 0 saturated carbocycles. The summed E-state index contributed by atoms with van der Waals surface area (Å²) >= 11 is 0. The minimum absolute atomic E-state index is 0. The van der Waals surface area contributed by atoms with Crippen LogP contribution in [0.2, 0.25) is 0 Å². The molecule has 3 nitrogen and oxygen atoms in total. The third kappa shape index (κ3) is 2.30. The Balaban J connectivity index is 0.00000120. The van der Waals surface area contributed by atoms with E-state index >= 15 is 0 Å². The summed E-state index contributed by atoms with van der Waals surface area (Å²) in [7, 11) is 0. The number of nitrogens with zero attached hydrogens (tertiary/aromatic N) is 1.